The number of hydrazine groups is 1. The molecule has 0 aromatic heterocycles. The summed E-state index contributed by atoms with van der Waals surface area (Å²) in [7, 11) is 0. The van der Waals surface area contributed by atoms with Crippen molar-refractivity contribution in [2.24, 2.45) is 22.9 Å². The monoisotopic (exact) mass is 534 g/mol. The van der Waals surface area contributed by atoms with Gasteiger partial charge in [0.05, 0.1) is 16.8 Å². The van der Waals surface area contributed by atoms with Gasteiger partial charge in [0.2, 0.25) is 0 Å². The van der Waals surface area contributed by atoms with Gasteiger partial charge in [0, 0.05) is 28.5 Å². The van der Waals surface area contributed by atoms with Crippen molar-refractivity contribution in [3.63, 3.8) is 0 Å². The van der Waals surface area contributed by atoms with Gasteiger partial charge in [-0.2, -0.15) is 5.10 Å². The number of benzene rings is 2. The number of anilines is 1. The molecule has 1 saturated heterocycles. The molecule has 168 valence electrons. The number of hydrazone groups is 1. The summed E-state index contributed by atoms with van der Waals surface area (Å²) < 4.78 is 1.00. The summed E-state index contributed by atoms with van der Waals surface area (Å²) >= 11 is 16.2. The van der Waals surface area contributed by atoms with E-state index in [-0.39, 0.29) is 17.9 Å². The van der Waals surface area contributed by atoms with Gasteiger partial charge in [0.1, 0.15) is 5.71 Å². The van der Waals surface area contributed by atoms with Gasteiger partial charge in [-0.25, -0.2) is 5.01 Å². The zero-order valence-corrected chi connectivity index (χ0v) is 20.9. The second-order valence-corrected chi connectivity index (χ2v) is 10.8. The molecule has 2 aliphatic heterocycles. The molecule has 8 heteroatoms. The Balaban J connectivity index is 1.44. The summed E-state index contributed by atoms with van der Waals surface area (Å²) in [5.41, 5.74) is 5.44. The highest BCUT2D eigenvalue weighted by molar-refractivity contribution is 9.10. The molecular weight excluding hydrogens is 511 g/mol. The normalized spacial score (nSPS) is 27.5. The van der Waals surface area contributed by atoms with E-state index in [1.165, 1.54) is 19.3 Å². The topological polar surface area (TPSA) is 47.9 Å². The minimum absolute atomic E-state index is 0.120. The Morgan fingerprint density at radius 2 is 1.78 bits per heavy atom. The molecule has 1 saturated carbocycles. The molecular formula is C24H25BrCl2N4O. The Morgan fingerprint density at radius 3 is 2.44 bits per heavy atom. The van der Waals surface area contributed by atoms with Crippen LogP contribution in [0.4, 0.5) is 5.69 Å². The summed E-state index contributed by atoms with van der Waals surface area (Å²) in [5, 5.41) is 9.81. The van der Waals surface area contributed by atoms with E-state index in [2.05, 4.69) is 38.5 Å². The summed E-state index contributed by atoms with van der Waals surface area (Å²) in [4.78, 5) is 13.3. The van der Waals surface area contributed by atoms with Gasteiger partial charge in [-0.3, -0.25) is 15.2 Å². The van der Waals surface area contributed by atoms with Crippen LogP contribution in [0.15, 0.2) is 52.0 Å². The number of amides is 1. The first-order valence-corrected chi connectivity index (χ1v) is 12.6. The molecule has 0 bridgehead atoms. The maximum Gasteiger partial charge on any atom is 0.282 e. The molecule has 1 N–H and O–H groups in total. The molecule has 0 radical (unpaired) electrons. The van der Waals surface area contributed by atoms with E-state index in [1.807, 2.05) is 30.1 Å². The summed E-state index contributed by atoms with van der Waals surface area (Å²) in [6.45, 7) is 3.91. The fourth-order valence-corrected chi connectivity index (χ4v) is 6.13. The van der Waals surface area contributed by atoms with Crippen LogP contribution in [-0.2, 0) is 4.79 Å². The maximum absolute atomic E-state index is 13.3. The summed E-state index contributed by atoms with van der Waals surface area (Å²) in [6, 6.07) is 13.3. The predicted octanol–water partition coefficient (Wildman–Crippen LogP) is 6.07. The predicted molar refractivity (Wildman–Crippen MR) is 133 cm³/mol. The molecule has 1 amide bonds. The van der Waals surface area contributed by atoms with Gasteiger partial charge in [0.25, 0.3) is 5.91 Å². The lowest BCUT2D eigenvalue weighted by molar-refractivity contribution is -0.119. The van der Waals surface area contributed by atoms with Crippen molar-refractivity contribution in [1.82, 2.24) is 10.4 Å². The van der Waals surface area contributed by atoms with Gasteiger partial charge < -0.3 is 0 Å². The van der Waals surface area contributed by atoms with Crippen LogP contribution >= 0.6 is 39.1 Å². The first kappa shape index (κ1) is 22.2. The Morgan fingerprint density at radius 1 is 1.09 bits per heavy atom. The second-order valence-electron chi connectivity index (χ2n) is 9.01. The maximum atomic E-state index is 13.3. The molecule has 0 spiro atoms. The fraction of sp³-hybridized carbons (Fsp3) is 0.417. The number of carbonyl (C=O) groups excluding carboxylic acids is 1. The van der Waals surface area contributed by atoms with Crippen LogP contribution < -0.4 is 10.4 Å². The van der Waals surface area contributed by atoms with Crippen LogP contribution in [0.25, 0.3) is 0 Å². The third-order valence-electron chi connectivity index (χ3n) is 6.97. The molecule has 2 fully saturated rings. The molecule has 1 aliphatic carbocycles. The molecule has 2 heterocycles. The molecule has 4 atom stereocenters. The fourth-order valence-electron chi connectivity index (χ4n) is 5.37. The first-order chi connectivity index (χ1) is 15.4. The largest absolute Gasteiger partial charge is 0.284 e. The highest BCUT2D eigenvalue weighted by atomic mass is 79.9. The smallest absolute Gasteiger partial charge is 0.282 e. The minimum atomic E-state index is -0.152. The highest BCUT2D eigenvalue weighted by Gasteiger charge is 2.42. The number of rotatable bonds is 4. The third-order valence-corrected chi connectivity index (χ3v) is 8.04. The van der Waals surface area contributed by atoms with Crippen LogP contribution in [0, 0.1) is 17.8 Å². The zero-order valence-electron chi connectivity index (χ0n) is 17.8. The number of fused-ring (bicyclic) bond motifs is 1. The third kappa shape index (κ3) is 4.18. The lowest BCUT2D eigenvalue weighted by atomic mass is 9.91. The van der Waals surface area contributed by atoms with Crippen molar-refractivity contribution in [2.75, 3.05) is 18.1 Å². The quantitative estimate of drug-likeness (QED) is 0.516. The van der Waals surface area contributed by atoms with Gasteiger partial charge in [0.15, 0.2) is 0 Å². The Bertz CT molecular complexity index is 1050. The second kappa shape index (κ2) is 8.98. The van der Waals surface area contributed by atoms with Crippen molar-refractivity contribution < 1.29 is 4.79 Å². The number of halogens is 3. The average Bonchev–Trinajstić information content (AvgIpc) is 3.42. The number of carbonyl (C=O) groups is 1. The van der Waals surface area contributed by atoms with E-state index in [4.69, 9.17) is 28.3 Å². The average molecular weight is 536 g/mol. The molecule has 3 aliphatic rings. The Kier molecular flexibility index (Phi) is 6.23. The van der Waals surface area contributed by atoms with Crippen LogP contribution in [0.5, 0.6) is 0 Å². The van der Waals surface area contributed by atoms with Crippen molar-refractivity contribution >= 4 is 56.4 Å². The van der Waals surface area contributed by atoms with E-state index in [0.717, 1.165) is 28.8 Å². The standard InChI is InChI=1S/C24H25BrCl2N4O/c1-14-22(24(32)29-30-12-16-3-2-4-17(16)13-30)28-31(21-10-9-19(26)11-20(21)27)23(14)15-5-7-18(25)8-6-15/h5-11,14,16-17,23H,2-4,12-13H2,1H3,(H,29,32)/t14-,16?,17?,23+/m1/s1. The lowest BCUT2D eigenvalue weighted by Gasteiger charge is -2.27. The van der Waals surface area contributed by atoms with E-state index in [0.29, 0.717) is 27.6 Å². The number of nitrogens with zero attached hydrogens (tertiary/aromatic N) is 3. The SMILES string of the molecule is C[C@@H]1C(C(=O)NN2CC3CCCC3C2)=NN(c2ccc(Cl)cc2Cl)[C@@H]1c1ccc(Br)cc1. The Hall–Kier alpha value is -1.60. The van der Waals surface area contributed by atoms with Crippen molar-refractivity contribution in [1.29, 1.82) is 0 Å². The van der Waals surface area contributed by atoms with Crippen LogP contribution in [-0.4, -0.2) is 29.7 Å². The highest BCUT2D eigenvalue weighted by Crippen LogP contribution is 2.43. The number of nitrogens with one attached hydrogen (secondary N) is 1. The van der Waals surface area contributed by atoms with E-state index < -0.39 is 0 Å². The summed E-state index contributed by atoms with van der Waals surface area (Å²) in [6.07, 6.45) is 3.85. The van der Waals surface area contributed by atoms with E-state index in [9.17, 15) is 4.79 Å². The number of hydrogen-bond donors (Lipinski definition) is 1. The molecule has 5 nitrogen and oxygen atoms in total. The minimum Gasteiger partial charge on any atom is -0.284 e. The zero-order chi connectivity index (χ0) is 22.4. The first-order valence-electron chi connectivity index (χ1n) is 11.0. The van der Waals surface area contributed by atoms with E-state index in [1.54, 1.807) is 12.1 Å². The van der Waals surface area contributed by atoms with Crippen molar-refractivity contribution in [3.8, 4) is 0 Å². The molecule has 2 aromatic carbocycles. The van der Waals surface area contributed by atoms with Gasteiger partial charge in [-0.15, -0.1) is 0 Å². The van der Waals surface area contributed by atoms with Gasteiger partial charge >= 0.3 is 0 Å². The lowest BCUT2D eigenvalue weighted by Crippen LogP contribution is -2.45. The van der Waals surface area contributed by atoms with Crippen LogP contribution in [0.2, 0.25) is 10.0 Å². The molecule has 2 unspecified atom stereocenters. The van der Waals surface area contributed by atoms with Gasteiger partial charge in [-0.05, 0) is 60.6 Å². The Labute approximate surface area is 206 Å². The van der Waals surface area contributed by atoms with Crippen molar-refractivity contribution in [3.05, 3.63) is 62.5 Å². The van der Waals surface area contributed by atoms with Crippen molar-refractivity contribution in [2.45, 2.75) is 32.2 Å². The molecule has 5 rings (SSSR count). The van der Waals surface area contributed by atoms with Crippen LogP contribution in [0.3, 0.4) is 0 Å². The number of hydrogen-bond acceptors (Lipinski definition) is 4. The molecule has 2 aromatic rings. The van der Waals surface area contributed by atoms with Crippen LogP contribution in [0.1, 0.15) is 37.8 Å². The summed E-state index contributed by atoms with van der Waals surface area (Å²) in [5.74, 6) is 1.16. The molecule has 32 heavy (non-hydrogen) atoms. The van der Waals surface area contributed by atoms with Gasteiger partial charge in [-0.1, -0.05) is 64.6 Å². The van der Waals surface area contributed by atoms with E-state index >= 15 is 0 Å².